The van der Waals surface area contributed by atoms with Crippen LogP contribution >= 0.6 is 0 Å². The van der Waals surface area contributed by atoms with Crippen LogP contribution in [0.1, 0.15) is 11.5 Å². The molecule has 0 aliphatic carbocycles. The number of nitrogen functional groups attached to an aromatic ring is 1. The van der Waals surface area contributed by atoms with Gasteiger partial charge in [-0.05, 0) is 26.0 Å². The van der Waals surface area contributed by atoms with Gasteiger partial charge in [-0.3, -0.25) is 0 Å². The topological polar surface area (TPSA) is 63.8 Å². The van der Waals surface area contributed by atoms with E-state index in [0.717, 1.165) is 22.9 Å². The summed E-state index contributed by atoms with van der Waals surface area (Å²) < 4.78 is 0. The lowest BCUT2D eigenvalue weighted by atomic mass is 10.2. The molecule has 2 rings (SSSR count). The number of para-hydroxylation sites is 2. The molecule has 0 saturated heterocycles. The Morgan fingerprint density at radius 1 is 1.12 bits per heavy atom. The number of nitrogens with two attached hydrogens (primary N) is 1. The lowest BCUT2D eigenvalue weighted by Gasteiger charge is -2.10. The number of aryl methyl sites for hydroxylation is 2. The monoisotopic (exact) mass is 214 g/mol. The molecule has 16 heavy (non-hydrogen) atoms. The van der Waals surface area contributed by atoms with Crippen molar-refractivity contribution in [3.63, 3.8) is 0 Å². The van der Waals surface area contributed by atoms with Crippen molar-refractivity contribution in [1.82, 2.24) is 9.97 Å². The average Bonchev–Trinajstić information content (AvgIpc) is 2.25. The van der Waals surface area contributed by atoms with Crippen LogP contribution < -0.4 is 11.1 Å². The van der Waals surface area contributed by atoms with Gasteiger partial charge in [0.2, 0.25) is 0 Å². The molecule has 4 heteroatoms. The van der Waals surface area contributed by atoms with Gasteiger partial charge in [0.05, 0.1) is 29.0 Å². The first-order valence-electron chi connectivity index (χ1n) is 5.08. The predicted molar refractivity (Wildman–Crippen MR) is 65.6 cm³/mol. The predicted octanol–water partition coefficient (Wildman–Crippen LogP) is 2.42. The summed E-state index contributed by atoms with van der Waals surface area (Å²) in [6, 6.07) is 7.61. The van der Waals surface area contributed by atoms with E-state index in [-0.39, 0.29) is 0 Å². The lowest BCUT2D eigenvalue weighted by molar-refractivity contribution is 1.01. The highest BCUT2D eigenvalue weighted by Crippen LogP contribution is 2.23. The second kappa shape index (κ2) is 4.18. The highest BCUT2D eigenvalue weighted by atomic mass is 15.0. The van der Waals surface area contributed by atoms with E-state index < -0.39 is 0 Å². The van der Waals surface area contributed by atoms with Crippen molar-refractivity contribution in [2.24, 2.45) is 0 Å². The van der Waals surface area contributed by atoms with Crippen molar-refractivity contribution in [2.75, 3.05) is 11.1 Å². The molecular weight excluding hydrogens is 200 g/mol. The van der Waals surface area contributed by atoms with Crippen molar-refractivity contribution < 1.29 is 0 Å². The first kappa shape index (κ1) is 10.4. The van der Waals surface area contributed by atoms with Gasteiger partial charge >= 0.3 is 0 Å². The van der Waals surface area contributed by atoms with E-state index in [0.29, 0.717) is 5.69 Å². The quantitative estimate of drug-likeness (QED) is 0.753. The Labute approximate surface area is 94.5 Å². The molecule has 0 unspecified atom stereocenters. The SMILES string of the molecule is Cc1ncc(Nc2ccccc2N)c(C)n1. The van der Waals surface area contributed by atoms with Gasteiger partial charge in [-0.25, -0.2) is 9.97 Å². The molecule has 0 bridgehead atoms. The molecule has 0 atom stereocenters. The van der Waals surface area contributed by atoms with Gasteiger partial charge in [0, 0.05) is 0 Å². The zero-order valence-corrected chi connectivity index (χ0v) is 9.36. The summed E-state index contributed by atoms with van der Waals surface area (Å²) in [6.07, 6.45) is 1.77. The van der Waals surface area contributed by atoms with Crippen LogP contribution in [-0.2, 0) is 0 Å². The van der Waals surface area contributed by atoms with E-state index >= 15 is 0 Å². The van der Waals surface area contributed by atoms with Crippen molar-refractivity contribution >= 4 is 17.1 Å². The minimum Gasteiger partial charge on any atom is -0.397 e. The molecule has 1 aromatic carbocycles. The van der Waals surface area contributed by atoms with E-state index in [1.165, 1.54) is 0 Å². The Balaban J connectivity index is 2.31. The largest absolute Gasteiger partial charge is 0.397 e. The molecule has 0 radical (unpaired) electrons. The van der Waals surface area contributed by atoms with Crippen LogP contribution in [0.4, 0.5) is 17.1 Å². The lowest BCUT2D eigenvalue weighted by Crippen LogP contribution is -2.00. The molecule has 82 valence electrons. The maximum atomic E-state index is 5.85. The summed E-state index contributed by atoms with van der Waals surface area (Å²) in [5.74, 6) is 0.768. The third kappa shape index (κ3) is 2.11. The van der Waals surface area contributed by atoms with E-state index in [1.54, 1.807) is 6.20 Å². The number of benzene rings is 1. The Hall–Kier alpha value is -2.10. The Bertz CT molecular complexity index is 508. The van der Waals surface area contributed by atoms with Crippen LogP contribution in [0.2, 0.25) is 0 Å². The third-order valence-corrected chi connectivity index (χ3v) is 2.33. The van der Waals surface area contributed by atoms with Crippen LogP contribution in [0.25, 0.3) is 0 Å². The second-order valence-electron chi connectivity index (χ2n) is 3.63. The number of hydrogen-bond acceptors (Lipinski definition) is 4. The van der Waals surface area contributed by atoms with Crippen molar-refractivity contribution in [2.45, 2.75) is 13.8 Å². The first-order valence-corrected chi connectivity index (χ1v) is 5.08. The van der Waals surface area contributed by atoms with Gasteiger partial charge in [-0.2, -0.15) is 0 Å². The fraction of sp³-hybridized carbons (Fsp3) is 0.167. The Kier molecular flexibility index (Phi) is 2.72. The van der Waals surface area contributed by atoms with Crippen molar-refractivity contribution in [1.29, 1.82) is 0 Å². The van der Waals surface area contributed by atoms with Crippen LogP contribution in [-0.4, -0.2) is 9.97 Å². The van der Waals surface area contributed by atoms with Gasteiger partial charge in [0.15, 0.2) is 0 Å². The Morgan fingerprint density at radius 3 is 2.56 bits per heavy atom. The number of nitrogens with zero attached hydrogens (tertiary/aromatic N) is 2. The molecule has 1 aromatic heterocycles. The maximum Gasteiger partial charge on any atom is 0.125 e. The van der Waals surface area contributed by atoms with Gasteiger partial charge in [-0.15, -0.1) is 0 Å². The highest BCUT2D eigenvalue weighted by molar-refractivity contribution is 5.72. The van der Waals surface area contributed by atoms with E-state index in [4.69, 9.17) is 5.73 Å². The molecule has 3 N–H and O–H groups in total. The Morgan fingerprint density at radius 2 is 1.88 bits per heavy atom. The molecule has 1 heterocycles. The second-order valence-corrected chi connectivity index (χ2v) is 3.63. The summed E-state index contributed by atoms with van der Waals surface area (Å²) in [7, 11) is 0. The molecular formula is C12H14N4. The summed E-state index contributed by atoms with van der Waals surface area (Å²) in [5, 5.41) is 3.22. The van der Waals surface area contributed by atoms with Crippen LogP contribution in [0.3, 0.4) is 0 Å². The molecule has 0 aliphatic rings. The molecule has 0 amide bonds. The molecule has 0 aliphatic heterocycles. The standard InChI is InChI=1S/C12H14N4/c1-8-12(7-14-9(2)15-8)16-11-6-4-3-5-10(11)13/h3-7,16H,13H2,1-2H3. The molecule has 0 spiro atoms. The normalized spacial score (nSPS) is 10.1. The maximum absolute atomic E-state index is 5.85. The summed E-state index contributed by atoms with van der Waals surface area (Å²) in [4.78, 5) is 8.44. The first-order chi connectivity index (χ1) is 7.66. The third-order valence-electron chi connectivity index (χ3n) is 2.33. The number of rotatable bonds is 2. The van der Waals surface area contributed by atoms with E-state index in [9.17, 15) is 0 Å². The van der Waals surface area contributed by atoms with Crippen molar-refractivity contribution in [3.8, 4) is 0 Å². The summed E-state index contributed by atoms with van der Waals surface area (Å²) in [6.45, 7) is 3.81. The fourth-order valence-electron chi connectivity index (χ4n) is 1.46. The van der Waals surface area contributed by atoms with E-state index in [2.05, 4.69) is 15.3 Å². The average molecular weight is 214 g/mol. The number of anilines is 3. The van der Waals surface area contributed by atoms with Gasteiger partial charge in [-0.1, -0.05) is 12.1 Å². The molecule has 0 saturated carbocycles. The van der Waals surface area contributed by atoms with E-state index in [1.807, 2.05) is 38.1 Å². The highest BCUT2D eigenvalue weighted by Gasteiger charge is 2.03. The molecule has 4 nitrogen and oxygen atoms in total. The number of hydrogen-bond donors (Lipinski definition) is 2. The molecule has 0 fully saturated rings. The summed E-state index contributed by atoms with van der Waals surface area (Å²) >= 11 is 0. The molecule has 2 aromatic rings. The van der Waals surface area contributed by atoms with Crippen LogP contribution in [0.5, 0.6) is 0 Å². The zero-order valence-electron chi connectivity index (χ0n) is 9.36. The fourth-order valence-corrected chi connectivity index (χ4v) is 1.46. The van der Waals surface area contributed by atoms with Crippen LogP contribution in [0, 0.1) is 13.8 Å². The van der Waals surface area contributed by atoms with Gasteiger partial charge in [0.25, 0.3) is 0 Å². The van der Waals surface area contributed by atoms with Crippen molar-refractivity contribution in [3.05, 3.63) is 42.0 Å². The zero-order chi connectivity index (χ0) is 11.5. The number of nitrogens with one attached hydrogen (secondary N) is 1. The summed E-state index contributed by atoms with van der Waals surface area (Å²) in [5.41, 5.74) is 9.22. The van der Waals surface area contributed by atoms with Gasteiger partial charge in [0.1, 0.15) is 5.82 Å². The smallest absolute Gasteiger partial charge is 0.125 e. The van der Waals surface area contributed by atoms with Gasteiger partial charge < -0.3 is 11.1 Å². The number of aromatic nitrogens is 2. The minimum absolute atomic E-state index is 0.711. The minimum atomic E-state index is 0.711. The van der Waals surface area contributed by atoms with Crippen LogP contribution in [0.15, 0.2) is 30.5 Å².